The molecule has 0 saturated heterocycles. The molecule has 20 heavy (non-hydrogen) atoms. The van der Waals surface area contributed by atoms with E-state index in [1.54, 1.807) is 6.07 Å². The van der Waals surface area contributed by atoms with Crippen molar-refractivity contribution in [3.63, 3.8) is 0 Å². The van der Waals surface area contributed by atoms with E-state index in [1.165, 1.54) is 0 Å². The van der Waals surface area contributed by atoms with Gasteiger partial charge in [-0.2, -0.15) is 0 Å². The molecular formula is C15H26N2O2S. The topological polar surface area (TPSA) is 58.2 Å². The summed E-state index contributed by atoms with van der Waals surface area (Å²) in [7, 11) is -1.41. The van der Waals surface area contributed by atoms with E-state index >= 15 is 0 Å². The Hall–Kier alpha value is -1.07. The van der Waals surface area contributed by atoms with Crippen molar-refractivity contribution in [1.82, 2.24) is 5.32 Å². The van der Waals surface area contributed by atoms with Crippen LogP contribution in [0.4, 0.5) is 5.69 Å². The Labute approximate surface area is 123 Å². The van der Waals surface area contributed by atoms with Crippen LogP contribution in [0.1, 0.15) is 45.7 Å². The maximum atomic E-state index is 12.1. The number of anilines is 1. The van der Waals surface area contributed by atoms with E-state index < -0.39 is 10.0 Å². The third kappa shape index (κ3) is 5.92. The first-order valence-corrected chi connectivity index (χ1v) is 8.56. The average Bonchev–Trinajstić information content (AvgIpc) is 2.35. The molecule has 0 spiro atoms. The van der Waals surface area contributed by atoms with Crippen LogP contribution in [0.3, 0.4) is 0 Å². The van der Waals surface area contributed by atoms with Crippen molar-refractivity contribution >= 4 is 15.7 Å². The molecule has 0 aromatic heterocycles. The Morgan fingerprint density at radius 1 is 1.25 bits per heavy atom. The lowest BCUT2D eigenvalue weighted by molar-refractivity contribution is 0.397. The van der Waals surface area contributed by atoms with Crippen LogP contribution in [0.5, 0.6) is 0 Å². The van der Waals surface area contributed by atoms with E-state index in [0.717, 1.165) is 5.56 Å². The van der Waals surface area contributed by atoms with E-state index in [1.807, 2.05) is 52.9 Å². The van der Waals surface area contributed by atoms with Crippen molar-refractivity contribution in [2.45, 2.75) is 40.2 Å². The van der Waals surface area contributed by atoms with Crippen molar-refractivity contribution in [1.29, 1.82) is 0 Å². The van der Waals surface area contributed by atoms with Crippen LogP contribution < -0.4 is 10.0 Å². The molecule has 0 heterocycles. The molecule has 0 saturated carbocycles. The van der Waals surface area contributed by atoms with E-state index in [2.05, 4.69) is 10.0 Å². The van der Waals surface area contributed by atoms with Gasteiger partial charge in [0.1, 0.15) is 0 Å². The highest BCUT2D eigenvalue weighted by atomic mass is 32.2. The van der Waals surface area contributed by atoms with Gasteiger partial charge >= 0.3 is 0 Å². The monoisotopic (exact) mass is 298 g/mol. The third-order valence-electron chi connectivity index (χ3n) is 3.21. The van der Waals surface area contributed by atoms with Crippen LogP contribution in [-0.2, 0) is 10.0 Å². The number of sulfonamides is 1. The molecule has 1 rings (SSSR count). The van der Waals surface area contributed by atoms with Crippen molar-refractivity contribution < 1.29 is 8.42 Å². The molecule has 0 fully saturated rings. The number of benzene rings is 1. The second kappa shape index (κ2) is 6.59. The Kier molecular flexibility index (Phi) is 5.59. The quantitative estimate of drug-likeness (QED) is 0.848. The molecule has 2 N–H and O–H groups in total. The minimum absolute atomic E-state index is 0.0112. The fourth-order valence-electron chi connectivity index (χ4n) is 1.71. The number of rotatable bonds is 6. The summed E-state index contributed by atoms with van der Waals surface area (Å²) in [6.45, 7) is 8.15. The summed E-state index contributed by atoms with van der Waals surface area (Å²) in [5.41, 5.74) is 1.69. The first-order chi connectivity index (χ1) is 9.13. The van der Waals surface area contributed by atoms with E-state index in [0.29, 0.717) is 12.1 Å². The average molecular weight is 298 g/mol. The summed E-state index contributed by atoms with van der Waals surface area (Å²) in [4.78, 5) is 0. The Balaban J connectivity index is 2.77. The Bertz CT molecular complexity index is 533. The molecule has 1 aromatic carbocycles. The molecule has 5 heteroatoms. The summed E-state index contributed by atoms with van der Waals surface area (Å²) in [5, 5.41) is 3.14. The summed E-state index contributed by atoms with van der Waals surface area (Å²) < 4.78 is 26.8. The van der Waals surface area contributed by atoms with Crippen molar-refractivity contribution in [2.24, 2.45) is 5.41 Å². The molecule has 0 aliphatic carbocycles. The lowest BCUT2D eigenvalue weighted by Gasteiger charge is -2.18. The SMILES string of the molecule is CNC(C)c1cccc(NS(=O)(=O)CCC(C)(C)C)c1. The number of nitrogens with one attached hydrogen (secondary N) is 2. The maximum absolute atomic E-state index is 12.1. The van der Waals surface area contributed by atoms with Gasteiger partial charge in [-0.15, -0.1) is 0 Å². The van der Waals surface area contributed by atoms with Gasteiger partial charge in [0, 0.05) is 11.7 Å². The highest BCUT2D eigenvalue weighted by molar-refractivity contribution is 7.92. The van der Waals surface area contributed by atoms with Gasteiger partial charge in [0.25, 0.3) is 0 Å². The smallest absolute Gasteiger partial charge is 0.232 e. The fraction of sp³-hybridized carbons (Fsp3) is 0.600. The Morgan fingerprint density at radius 2 is 1.90 bits per heavy atom. The highest BCUT2D eigenvalue weighted by Crippen LogP contribution is 2.21. The van der Waals surface area contributed by atoms with Gasteiger partial charge in [-0.3, -0.25) is 4.72 Å². The molecule has 0 amide bonds. The lowest BCUT2D eigenvalue weighted by atomic mass is 9.94. The summed E-state index contributed by atoms with van der Waals surface area (Å²) in [6, 6.07) is 7.68. The van der Waals surface area contributed by atoms with Crippen molar-refractivity contribution in [3.8, 4) is 0 Å². The van der Waals surface area contributed by atoms with Crippen LogP contribution in [-0.4, -0.2) is 21.2 Å². The van der Waals surface area contributed by atoms with Crippen LogP contribution in [0.2, 0.25) is 0 Å². The molecule has 0 aliphatic rings. The molecule has 0 radical (unpaired) electrons. The summed E-state index contributed by atoms with van der Waals surface area (Å²) in [6.07, 6.45) is 0.634. The molecule has 0 aliphatic heterocycles. The second-order valence-corrected chi connectivity index (χ2v) is 8.21. The predicted molar refractivity (Wildman–Crippen MR) is 85.4 cm³/mol. The van der Waals surface area contributed by atoms with Gasteiger partial charge < -0.3 is 5.32 Å². The summed E-state index contributed by atoms with van der Waals surface area (Å²) >= 11 is 0. The first kappa shape index (κ1) is 17.0. The normalized spacial score (nSPS) is 14.1. The maximum Gasteiger partial charge on any atom is 0.232 e. The van der Waals surface area contributed by atoms with Crippen molar-refractivity contribution in [3.05, 3.63) is 29.8 Å². The molecule has 114 valence electrons. The van der Waals surface area contributed by atoms with Gasteiger partial charge in [-0.1, -0.05) is 32.9 Å². The number of hydrogen-bond donors (Lipinski definition) is 2. The molecule has 1 aromatic rings. The van der Waals surface area contributed by atoms with E-state index in [9.17, 15) is 8.42 Å². The fourth-order valence-corrected chi connectivity index (χ4v) is 3.18. The zero-order valence-corrected chi connectivity index (χ0v) is 13.8. The largest absolute Gasteiger partial charge is 0.313 e. The predicted octanol–water partition coefficient (Wildman–Crippen LogP) is 3.14. The minimum atomic E-state index is -3.29. The van der Waals surface area contributed by atoms with E-state index in [-0.39, 0.29) is 17.2 Å². The molecule has 4 nitrogen and oxygen atoms in total. The number of hydrogen-bond acceptors (Lipinski definition) is 3. The van der Waals surface area contributed by atoms with Gasteiger partial charge in [-0.05, 0) is 43.5 Å². The molecule has 1 unspecified atom stereocenters. The highest BCUT2D eigenvalue weighted by Gasteiger charge is 2.17. The van der Waals surface area contributed by atoms with Crippen LogP contribution in [0.25, 0.3) is 0 Å². The Morgan fingerprint density at radius 3 is 2.45 bits per heavy atom. The van der Waals surface area contributed by atoms with Gasteiger partial charge in [0.05, 0.1) is 5.75 Å². The van der Waals surface area contributed by atoms with Crippen molar-refractivity contribution in [2.75, 3.05) is 17.5 Å². The van der Waals surface area contributed by atoms with Crippen LogP contribution in [0, 0.1) is 5.41 Å². The molecule has 1 atom stereocenters. The second-order valence-electron chi connectivity index (χ2n) is 6.37. The van der Waals surface area contributed by atoms with Crippen LogP contribution >= 0.6 is 0 Å². The van der Waals surface area contributed by atoms with Crippen LogP contribution in [0.15, 0.2) is 24.3 Å². The molecular weight excluding hydrogens is 272 g/mol. The minimum Gasteiger partial charge on any atom is -0.313 e. The van der Waals surface area contributed by atoms with Gasteiger partial charge in [0.15, 0.2) is 0 Å². The van der Waals surface area contributed by atoms with Gasteiger partial charge in [-0.25, -0.2) is 8.42 Å². The van der Waals surface area contributed by atoms with Gasteiger partial charge in [0.2, 0.25) is 10.0 Å². The standard InChI is InChI=1S/C15H26N2O2S/c1-12(16-5)13-7-6-8-14(11-13)17-20(18,19)10-9-15(2,3)4/h6-8,11-12,16-17H,9-10H2,1-5H3. The lowest BCUT2D eigenvalue weighted by Crippen LogP contribution is -2.21. The zero-order chi connectivity index (χ0) is 15.4. The molecule has 0 bridgehead atoms. The first-order valence-electron chi connectivity index (χ1n) is 6.91. The zero-order valence-electron chi connectivity index (χ0n) is 13.0. The summed E-state index contributed by atoms with van der Waals surface area (Å²) in [5.74, 6) is 0.141. The van der Waals surface area contributed by atoms with E-state index in [4.69, 9.17) is 0 Å². The third-order valence-corrected chi connectivity index (χ3v) is 4.50.